The Morgan fingerprint density at radius 1 is 1.23 bits per heavy atom. The number of benzene rings is 1. The van der Waals surface area contributed by atoms with Crippen molar-refractivity contribution in [1.29, 1.82) is 5.26 Å². The number of hydrogen-bond acceptors (Lipinski definition) is 6. The van der Waals surface area contributed by atoms with Crippen molar-refractivity contribution in [1.82, 2.24) is 19.6 Å². The minimum atomic E-state index is -0.0571. The van der Waals surface area contributed by atoms with E-state index in [2.05, 4.69) is 21.1 Å². The molecule has 0 radical (unpaired) electrons. The maximum atomic E-state index is 12.6. The first-order valence-electron chi connectivity index (χ1n) is 9.73. The van der Waals surface area contributed by atoms with Gasteiger partial charge in [0.1, 0.15) is 11.8 Å². The molecule has 1 aromatic carbocycles. The summed E-state index contributed by atoms with van der Waals surface area (Å²) < 4.78 is 7.16. The van der Waals surface area contributed by atoms with Crippen LogP contribution in [0.15, 0.2) is 47.4 Å². The molecule has 2 aromatic rings. The monoisotopic (exact) mass is 424 g/mol. The molecule has 0 N–H and O–H groups in total. The first-order valence-corrected chi connectivity index (χ1v) is 10.1. The number of ether oxygens (including phenoxy) is 1. The molecule has 0 saturated carbocycles. The molecule has 154 valence electrons. The molecule has 0 aliphatic carbocycles. The maximum Gasteiger partial charge on any atom is 0.274 e. The molecule has 30 heavy (non-hydrogen) atoms. The number of halogens is 1. The van der Waals surface area contributed by atoms with E-state index in [1.165, 1.54) is 0 Å². The number of nitrogens with zero attached hydrogens (tertiary/aromatic N) is 6. The highest BCUT2D eigenvalue weighted by Crippen LogP contribution is 2.24. The zero-order chi connectivity index (χ0) is 20.9. The van der Waals surface area contributed by atoms with Gasteiger partial charge in [-0.2, -0.15) is 10.4 Å². The second-order valence-corrected chi connectivity index (χ2v) is 7.40. The third-order valence-corrected chi connectivity index (χ3v) is 5.32. The van der Waals surface area contributed by atoms with Crippen LogP contribution in [0.1, 0.15) is 5.56 Å². The van der Waals surface area contributed by atoms with E-state index < -0.39 is 0 Å². The molecule has 3 heterocycles. The molecular formula is C21H21ClN6O2. The smallest absolute Gasteiger partial charge is 0.274 e. The van der Waals surface area contributed by atoms with Gasteiger partial charge in [0.2, 0.25) is 0 Å². The third kappa shape index (κ3) is 4.53. The Bertz CT molecular complexity index is 1030. The van der Waals surface area contributed by atoms with Gasteiger partial charge in [-0.15, -0.1) is 0 Å². The van der Waals surface area contributed by atoms with Crippen LogP contribution in [0.4, 0.5) is 0 Å². The number of nitriles is 1. The SMILES string of the molecule is N#Cc1ccc(-c2ccn(CCN3C=C(C(=O)N4CCOCC4)N=CC3)n2)cc1Cl. The highest BCUT2D eigenvalue weighted by molar-refractivity contribution is 6.32. The van der Waals surface area contributed by atoms with E-state index in [1.807, 2.05) is 29.2 Å². The summed E-state index contributed by atoms with van der Waals surface area (Å²) in [4.78, 5) is 20.7. The van der Waals surface area contributed by atoms with E-state index in [1.54, 1.807) is 23.2 Å². The molecule has 1 amide bonds. The first kappa shape index (κ1) is 20.1. The van der Waals surface area contributed by atoms with Crippen LogP contribution in [-0.4, -0.2) is 71.1 Å². The fraction of sp³-hybridized carbons (Fsp3) is 0.333. The summed E-state index contributed by atoms with van der Waals surface area (Å²) in [6.45, 7) is 4.34. The molecule has 2 aliphatic rings. The number of aliphatic imine (C=N–C) groups is 1. The van der Waals surface area contributed by atoms with Crippen molar-refractivity contribution in [3.8, 4) is 17.3 Å². The van der Waals surface area contributed by atoms with Crippen LogP contribution in [-0.2, 0) is 16.1 Å². The molecule has 0 bridgehead atoms. The maximum absolute atomic E-state index is 12.6. The summed E-state index contributed by atoms with van der Waals surface area (Å²) in [5.74, 6) is -0.0571. The normalized spacial score (nSPS) is 16.3. The number of aromatic nitrogens is 2. The zero-order valence-electron chi connectivity index (χ0n) is 16.4. The van der Waals surface area contributed by atoms with Crippen molar-refractivity contribution in [2.45, 2.75) is 6.54 Å². The van der Waals surface area contributed by atoms with Gasteiger partial charge >= 0.3 is 0 Å². The second-order valence-electron chi connectivity index (χ2n) is 7.00. The predicted octanol–water partition coefficient (Wildman–Crippen LogP) is 2.16. The predicted molar refractivity (Wildman–Crippen MR) is 113 cm³/mol. The lowest BCUT2D eigenvalue weighted by molar-refractivity contribution is -0.131. The largest absolute Gasteiger partial charge is 0.378 e. The fourth-order valence-corrected chi connectivity index (χ4v) is 3.56. The van der Waals surface area contributed by atoms with Gasteiger partial charge in [0, 0.05) is 43.8 Å². The van der Waals surface area contributed by atoms with E-state index >= 15 is 0 Å². The summed E-state index contributed by atoms with van der Waals surface area (Å²) in [6, 6.07) is 9.25. The van der Waals surface area contributed by atoms with E-state index in [-0.39, 0.29) is 5.91 Å². The molecular weight excluding hydrogens is 404 g/mol. The van der Waals surface area contributed by atoms with Gasteiger partial charge in [0.25, 0.3) is 5.91 Å². The molecule has 9 heteroatoms. The highest BCUT2D eigenvalue weighted by Gasteiger charge is 2.22. The number of morpholine rings is 1. The molecule has 2 aliphatic heterocycles. The van der Waals surface area contributed by atoms with Crippen molar-refractivity contribution in [3.63, 3.8) is 0 Å². The molecule has 1 saturated heterocycles. The van der Waals surface area contributed by atoms with Gasteiger partial charge in [0.15, 0.2) is 0 Å². The summed E-state index contributed by atoms with van der Waals surface area (Å²) in [7, 11) is 0. The highest BCUT2D eigenvalue weighted by atomic mass is 35.5. The first-order chi connectivity index (χ1) is 14.6. The summed E-state index contributed by atoms with van der Waals surface area (Å²) in [5.41, 5.74) is 2.55. The van der Waals surface area contributed by atoms with Crippen molar-refractivity contribution in [2.75, 3.05) is 39.4 Å². The van der Waals surface area contributed by atoms with E-state index in [0.29, 0.717) is 62.2 Å². The molecule has 0 spiro atoms. The molecule has 1 fully saturated rings. The van der Waals surface area contributed by atoms with Crippen LogP contribution in [0.5, 0.6) is 0 Å². The lowest BCUT2D eigenvalue weighted by atomic mass is 10.1. The van der Waals surface area contributed by atoms with Crippen molar-refractivity contribution in [3.05, 3.63) is 52.9 Å². The molecule has 8 nitrogen and oxygen atoms in total. The Morgan fingerprint density at radius 3 is 2.83 bits per heavy atom. The van der Waals surface area contributed by atoms with Crippen LogP contribution in [0.3, 0.4) is 0 Å². The quantitative estimate of drug-likeness (QED) is 0.734. The van der Waals surface area contributed by atoms with Crippen LogP contribution in [0, 0.1) is 11.3 Å². The van der Waals surface area contributed by atoms with Crippen molar-refractivity contribution < 1.29 is 9.53 Å². The second kappa shape index (κ2) is 9.11. The minimum absolute atomic E-state index is 0.0571. The number of carbonyl (C=O) groups is 1. The Hall–Kier alpha value is -3.15. The van der Waals surface area contributed by atoms with Gasteiger partial charge in [-0.25, -0.2) is 0 Å². The lowest BCUT2D eigenvalue weighted by Crippen LogP contribution is -2.42. The van der Waals surface area contributed by atoms with Gasteiger partial charge in [0.05, 0.1) is 42.6 Å². The van der Waals surface area contributed by atoms with Gasteiger partial charge in [-0.3, -0.25) is 14.5 Å². The van der Waals surface area contributed by atoms with Gasteiger partial charge < -0.3 is 14.5 Å². The van der Waals surface area contributed by atoms with Gasteiger partial charge in [-0.1, -0.05) is 17.7 Å². The molecule has 0 atom stereocenters. The van der Waals surface area contributed by atoms with E-state index in [0.717, 1.165) is 11.3 Å². The standard InChI is InChI=1S/C21H21ClN6O2/c22-18-13-16(1-2-17(18)14-23)19-3-5-28(25-19)8-7-26-6-4-24-20(15-26)21(29)27-9-11-30-12-10-27/h1-5,13,15H,6-12H2. The molecule has 0 unspecified atom stereocenters. The van der Waals surface area contributed by atoms with Crippen molar-refractivity contribution in [2.24, 2.45) is 4.99 Å². The van der Waals surface area contributed by atoms with Crippen LogP contribution >= 0.6 is 11.6 Å². The zero-order valence-corrected chi connectivity index (χ0v) is 17.1. The van der Waals surface area contributed by atoms with Crippen LogP contribution < -0.4 is 0 Å². The summed E-state index contributed by atoms with van der Waals surface area (Å²) >= 11 is 6.12. The number of carbonyl (C=O) groups excluding carboxylic acids is 1. The van der Waals surface area contributed by atoms with Gasteiger partial charge in [-0.05, 0) is 18.2 Å². The third-order valence-electron chi connectivity index (χ3n) is 5.01. The molecule has 4 rings (SSSR count). The van der Waals surface area contributed by atoms with Crippen LogP contribution in [0.2, 0.25) is 5.02 Å². The fourth-order valence-electron chi connectivity index (χ4n) is 3.33. The van der Waals surface area contributed by atoms with Crippen molar-refractivity contribution >= 4 is 23.7 Å². The Kier molecular flexibility index (Phi) is 6.12. The van der Waals surface area contributed by atoms with E-state index in [9.17, 15) is 4.79 Å². The average Bonchev–Trinajstić information content (AvgIpc) is 3.27. The summed E-state index contributed by atoms with van der Waals surface area (Å²) in [6.07, 6.45) is 5.49. The number of rotatable bonds is 5. The summed E-state index contributed by atoms with van der Waals surface area (Å²) in [5, 5.41) is 14.0. The Labute approximate surface area is 179 Å². The van der Waals surface area contributed by atoms with E-state index in [4.69, 9.17) is 21.6 Å². The number of hydrogen-bond donors (Lipinski definition) is 0. The lowest BCUT2D eigenvalue weighted by Gasteiger charge is -2.28. The number of amides is 1. The molecule has 1 aromatic heterocycles. The topological polar surface area (TPSA) is 86.8 Å². The average molecular weight is 425 g/mol. The van der Waals surface area contributed by atoms with Crippen LogP contribution in [0.25, 0.3) is 11.3 Å². The Balaban J connectivity index is 1.37. The Morgan fingerprint density at radius 2 is 2.07 bits per heavy atom. The minimum Gasteiger partial charge on any atom is -0.378 e.